The molecule has 0 atom stereocenters. The molecule has 0 amide bonds. The normalized spacial score (nSPS) is 10.3. The van der Waals surface area contributed by atoms with Crippen molar-refractivity contribution in [2.75, 3.05) is 0 Å². The van der Waals surface area contributed by atoms with Crippen molar-refractivity contribution in [3.05, 3.63) is 11.9 Å². The molecule has 0 radical (unpaired) electrons. The molecule has 0 aliphatic rings. The molecule has 1 rings (SSSR count). The Morgan fingerprint density at radius 3 is 2.85 bits per heavy atom. The summed E-state index contributed by atoms with van der Waals surface area (Å²) >= 11 is 0. The number of hydrogen-bond acceptors (Lipinski definition) is 3. The minimum Gasteiger partial charge on any atom is -0.292 e. The quantitative estimate of drug-likeness (QED) is 0.649. The van der Waals surface area contributed by atoms with Crippen LogP contribution in [0, 0.1) is 0 Å². The number of rotatable bonds is 5. The molecule has 4 nitrogen and oxygen atoms in total. The van der Waals surface area contributed by atoms with Crippen LogP contribution in [-0.4, -0.2) is 20.8 Å². The predicted molar refractivity (Wildman–Crippen MR) is 49.6 cm³/mol. The number of ketones is 1. The minimum absolute atomic E-state index is 0.140. The molecule has 1 aromatic rings. The van der Waals surface area contributed by atoms with Gasteiger partial charge in [0.25, 0.3) is 0 Å². The zero-order valence-electron chi connectivity index (χ0n) is 8.16. The van der Waals surface area contributed by atoms with Gasteiger partial charge < -0.3 is 0 Å². The fraction of sp³-hybridized carbons (Fsp3) is 0.667. The summed E-state index contributed by atoms with van der Waals surface area (Å²) in [5.41, 5.74) is 0.642. The van der Waals surface area contributed by atoms with Crippen molar-refractivity contribution < 1.29 is 4.79 Å². The number of Topliss-reactive ketones (excluding diaryl/α,β-unsaturated/α-hetero) is 1. The molecule has 1 aromatic heterocycles. The molecule has 0 fully saturated rings. The molecule has 0 saturated heterocycles. The molecular weight excluding hydrogens is 166 g/mol. The third-order valence-electron chi connectivity index (χ3n) is 1.82. The van der Waals surface area contributed by atoms with Gasteiger partial charge in [0.15, 0.2) is 5.78 Å². The van der Waals surface area contributed by atoms with Gasteiger partial charge in [-0.1, -0.05) is 19.1 Å². The number of aryl methyl sites for hydroxylation is 1. The molecule has 0 aliphatic carbocycles. The molecule has 13 heavy (non-hydrogen) atoms. The van der Waals surface area contributed by atoms with Gasteiger partial charge in [0.05, 0.1) is 6.20 Å². The van der Waals surface area contributed by atoms with E-state index in [1.54, 1.807) is 10.9 Å². The van der Waals surface area contributed by atoms with Crippen LogP contribution in [-0.2, 0) is 6.54 Å². The van der Waals surface area contributed by atoms with Crippen LogP contribution in [0.2, 0.25) is 0 Å². The van der Waals surface area contributed by atoms with Crippen molar-refractivity contribution in [2.45, 2.75) is 39.7 Å². The molecule has 0 aliphatic heterocycles. The Bertz CT molecular complexity index is 280. The molecule has 4 heteroatoms. The van der Waals surface area contributed by atoms with Crippen LogP contribution in [0.15, 0.2) is 6.20 Å². The molecule has 0 spiro atoms. The van der Waals surface area contributed by atoms with Gasteiger partial charge in [-0.2, -0.15) is 0 Å². The van der Waals surface area contributed by atoms with E-state index in [1.165, 1.54) is 0 Å². The van der Waals surface area contributed by atoms with E-state index in [9.17, 15) is 4.79 Å². The van der Waals surface area contributed by atoms with Crippen LogP contribution >= 0.6 is 0 Å². The topological polar surface area (TPSA) is 47.8 Å². The highest BCUT2D eigenvalue weighted by Gasteiger charge is 2.10. The maximum atomic E-state index is 11.5. The highest BCUT2D eigenvalue weighted by molar-refractivity contribution is 5.94. The van der Waals surface area contributed by atoms with E-state index in [2.05, 4.69) is 17.2 Å². The smallest absolute Gasteiger partial charge is 0.182 e. The number of hydrogen-bond donors (Lipinski definition) is 0. The SMILES string of the molecule is CCCC(=O)c1cnnn1CCC. The highest BCUT2D eigenvalue weighted by atomic mass is 16.1. The van der Waals surface area contributed by atoms with Gasteiger partial charge in [-0.25, -0.2) is 4.68 Å². The second-order valence-electron chi connectivity index (χ2n) is 3.02. The summed E-state index contributed by atoms with van der Waals surface area (Å²) in [6, 6.07) is 0. The Morgan fingerprint density at radius 1 is 1.46 bits per heavy atom. The van der Waals surface area contributed by atoms with Gasteiger partial charge in [0, 0.05) is 13.0 Å². The van der Waals surface area contributed by atoms with E-state index in [0.717, 1.165) is 19.4 Å². The number of nitrogens with zero attached hydrogens (tertiary/aromatic N) is 3. The summed E-state index contributed by atoms with van der Waals surface area (Å²) in [5.74, 6) is 0.140. The fourth-order valence-corrected chi connectivity index (χ4v) is 1.21. The average molecular weight is 181 g/mol. The third kappa shape index (κ3) is 2.37. The first-order chi connectivity index (χ1) is 6.29. The van der Waals surface area contributed by atoms with Crippen molar-refractivity contribution in [1.82, 2.24) is 15.0 Å². The zero-order valence-corrected chi connectivity index (χ0v) is 8.16. The summed E-state index contributed by atoms with van der Waals surface area (Å²) in [7, 11) is 0. The van der Waals surface area contributed by atoms with Crippen LogP contribution < -0.4 is 0 Å². The molecular formula is C9H15N3O. The Hall–Kier alpha value is -1.19. The van der Waals surface area contributed by atoms with Gasteiger partial charge in [-0.15, -0.1) is 5.10 Å². The molecule has 0 saturated carbocycles. The number of aromatic nitrogens is 3. The Kier molecular flexibility index (Phi) is 3.61. The van der Waals surface area contributed by atoms with E-state index in [0.29, 0.717) is 12.1 Å². The number of carbonyl (C=O) groups excluding carboxylic acids is 1. The first-order valence-corrected chi connectivity index (χ1v) is 4.71. The molecule has 0 bridgehead atoms. The van der Waals surface area contributed by atoms with Crippen LogP contribution in [0.5, 0.6) is 0 Å². The molecule has 1 heterocycles. The van der Waals surface area contributed by atoms with Crippen molar-refractivity contribution in [2.24, 2.45) is 0 Å². The highest BCUT2D eigenvalue weighted by Crippen LogP contribution is 2.03. The van der Waals surface area contributed by atoms with Gasteiger partial charge in [0.1, 0.15) is 5.69 Å². The van der Waals surface area contributed by atoms with E-state index >= 15 is 0 Å². The van der Waals surface area contributed by atoms with E-state index in [1.807, 2.05) is 6.92 Å². The fourth-order valence-electron chi connectivity index (χ4n) is 1.21. The van der Waals surface area contributed by atoms with E-state index in [4.69, 9.17) is 0 Å². The van der Waals surface area contributed by atoms with Gasteiger partial charge in [-0.05, 0) is 12.8 Å². The molecule has 0 aromatic carbocycles. The predicted octanol–water partition coefficient (Wildman–Crippen LogP) is 1.67. The van der Waals surface area contributed by atoms with Crippen LogP contribution in [0.4, 0.5) is 0 Å². The first kappa shape index (κ1) is 9.89. The minimum atomic E-state index is 0.140. The lowest BCUT2D eigenvalue weighted by Crippen LogP contribution is -2.10. The Balaban J connectivity index is 2.74. The summed E-state index contributed by atoms with van der Waals surface area (Å²) in [4.78, 5) is 11.5. The van der Waals surface area contributed by atoms with Gasteiger partial charge in [0.2, 0.25) is 0 Å². The van der Waals surface area contributed by atoms with Crippen LogP contribution in [0.25, 0.3) is 0 Å². The molecule has 72 valence electrons. The second-order valence-corrected chi connectivity index (χ2v) is 3.02. The average Bonchev–Trinajstić information content (AvgIpc) is 2.54. The van der Waals surface area contributed by atoms with Crippen LogP contribution in [0.1, 0.15) is 43.6 Å². The first-order valence-electron chi connectivity index (χ1n) is 4.71. The monoisotopic (exact) mass is 181 g/mol. The molecule has 0 unspecified atom stereocenters. The summed E-state index contributed by atoms with van der Waals surface area (Å²) in [5, 5.41) is 7.59. The van der Waals surface area contributed by atoms with Crippen molar-refractivity contribution in [3.63, 3.8) is 0 Å². The third-order valence-corrected chi connectivity index (χ3v) is 1.82. The lowest BCUT2D eigenvalue weighted by molar-refractivity contribution is 0.0971. The summed E-state index contributed by atoms with van der Waals surface area (Å²) in [6.45, 7) is 4.81. The van der Waals surface area contributed by atoms with Crippen molar-refractivity contribution in [1.29, 1.82) is 0 Å². The van der Waals surface area contributed by atoms with Crippen molar-refractivity contribution >= 4 is 5.78 Å². The summed E-state index contributed by atoms with van der Waals surface area (Å²) < 4.78 is 1.68. The standard InChI is InChI=1S/C9H15N3O/c1-3-5-9(13)8-7-10-11-12(8)6-4-2/h7H,3-6H2,1-2H3. The largest absolute Gasteiger partial charge is 0.292 e. The van der Waals surface area contributed by atoms with Crippen molar-refractivity contribution in [3.8, 4) is 0 Å². The van der Waals surface area contributed by atoms with E-state index < -0.39 is 0 Å². The van der Waals surface area contributed by atoms with E-state index in [-0.39, 0.29) is 5.78 Å². The Morgan fingerprint density at radius 2 is 2.23 bits per heavy atom. The van der Waals surface area contributed by atoms with Gasteiger partial charge >= 0.3 is 0 Å². The number of carbonyl (C=O) groups is 1. The maximum absolute atomic E-state index is 11.5. The van der Waals surface area contributed by atoms with Crippen LogP contribution in [0.3, 0.4) is 0 Å². The maximum Gasteiger partial charge on any atom is 0.182 e. The lowest BCUT2D eigenvalue weighted by atomic mass is 10.2. The lowest BCUT2D eigenvalue weighted by Gasteiger charge is -2.01. The van der Waals surface area contributed by atoms with Gasteiger partial charge in [-0.3, -0.25) is 4.79 Å². The second kappa shape index (κ2) is 4.74. The zero-order chi connectivity index (χ0) is 9.68. The Labute approximate surface area is 77.9 Å². The molecule has 0 N–H and O–H groups in total. The summed E-state index contributed by atoms with van der Waals surface area (Å²) in [6.07, 6.45) is 3.97.